The fourth-order valence-electron chi connectivity index (χ4n) is 5.77. The molecule has 0 amide bonds. The largest absolute Gasteiger partial charge is 0.365 e. The number of benzene rings is 2. The normalized spacial score (nSPS) is 20.0. The van der Waals surface area contributed by atoms with Gasteiger partial charge in [0.25, 0.3) is 0 Å². The Balaban J connectivity index is 1.24. The quantitative estimate of drug-likeness (QED) is 0.522. The standard InChI is InChI=1S/C28H31N3/c1-20-6-8-22(9-7-20)28(15-3-16-28)23-10-12-24(13-11-23)31-17-14-25-26(18-31)29-19-30-27(25)21-4-2-5-21/h6-13,19,21H,2-5,14-18H2,1H3. The summed E-state index contributed by atoms with van der Waals surface area (Å²) < 4.78 is 0. The molecule has 0 N–H and O–H groups in total. The van der Waals surface area contributed by atoms with Gasteiger partial charge in [0.1, 0.15) is 6.33 Å². The maximum Gasteiger partial charge on any atom is 0.116 e. The van der Waals surface area contributed by atoms with Gasteiger partial charge in [-0.25, -0.2) is 9.97 Å². The first kappa shape index (κ1) is 19.0. The third-order valence-electron chi connectivity index (χ3n) is 8.13. The number of rotatable bonds is 4. The Morgan fingerprint density at radius 3 is 2.19 bits per heavy atom. The van der Waals surface area contributed by atoms with E-state index in [4.69, 9.17) is 0 Å². The van der Waals surface area contributed by atoms with E-state index in [0.717, 1.165) is 19.5 Å². The van der Waals surface area contributed by atoms with Crippen LogP contribution in [0, 0.1) is 6.92 Å². The molecule has 0 radical (unpaired) electrons. The molecule has 3 aromatic rings. The average molecular weight is 410 g/mol. The molecule has 2 aromatic carbocycles. The average Bonchev–Trinajstić information content (AvgIpc) is 2.73. The topological polar surface area (TPSA) is 29.0 Å². The highest BCUT2D eigenvalue weighted by molar-refractivity contribution is 5.53. The molecule has 0 saturated heterocycles. The van der Waals surface area contributed by atoms with Gasteiger partial charge in [0, 0.05) is 23.6 Å². The second-order valence-electron chi connectivity index (χ2n) is 9.83. The first-order valence-electron chi connectivity index (χ1n) is 12.0. The summed E-state index contributed by atoms with van der Waals surface area (Å²) in [4.78, 5) is 11.8. The van der Waals surface area contributed by atoms with Crippen molar-refractivity contribution in [2.24, 2.45) is 0 Å². The summed E-state index contributed by atoms with van der Waals surface area (Å²) >= 11 is 0. The summed E-state index contributed by atoms with van der Waals surface area (Å²) in [6.45, 7) is 4.13. The molecular formula is C28H31N3. The van der Waals surface area contributed by atoms with E-state index < -0.39 is 0 Å². The fourth-order valence-corrected chi connectivity index (χ4v) is 5.77. The number of aryl methyl sites for hydroxylation is 1. The number of nitrogens with zero attached hydrogens (tertiary/aromatic N) is 3. The highest BCUT2D eigenvalue weighted by Crippen LogP contribution is 2.49. The van der Waals surface area contributed by atoms with Gasteiger partial charge in [-0.2, -0.15) is 0 Å². The fraction of sp³-hybridized carbons (Fsp3) is 0.429. The van der Waals surface area contributed by atoms with Gasteiger partial charge in [0.2, 0.25) is 0 Å². The van der Waals surface area contributed by atoms with Crippen molar-refractivity contribution in [2.75, 3.05) is 11.4 Å². The van der Waals surface area contributed by atoms with Crippen LogP contribution in [0.25, 0.3) is 0 Å². The molecule has 6 rings (SSSR count). The van der Waals surface area contributed by atoms with Gasteiger partial charge in [-0.1, -0.05) is 54.8 Å². The van der Waals surface area contributed by atoms with E-state index in [-0.39, 0.29) is 5.41 Å². The van der Waals surface area contributed by atoms with E-state index in [2.05, 4.69) is 70.3 Å². The third-order valence-corrected chi connectivity index (χ3v) is 8.13. The molecule has 2 aliphatic carbocycles. The Kier molecular flexibility index (Phi) is 4.59. The van der Waals surface area contributed by atoms with Crippen LogP contribution in [-0.2, 0) is 18.4 Å². The van der Waals surface area contributed by atoms with Crippen molar-refractivity contribution in [1.29, 1.82) is 0 Å². The van der Waals surface area contributed by atoms with Crippen molar-refractivity contribution in [3.63, 3.8) is 0 Å². The number of aromatic nitrogens is 2. The van der Waals surface area contributed by atoms with Gasteiger partial charge in [-0.05, 0) is 67.9 Å². The van der Waals surface area contributed by atoms with Gasteiger partial charge in [0.05, 0.1) is 17.9 Å². The summed E-state index contributed by atoms with van der Waals surface area (Å²) in [7, 11) is 0. The summed E-state index contributed by atoms with van der Waals surface area (Å²) in [6.07, 6.45) is 10.7. The van der Waals surface area contributed by atoms with E-state index in [1.165, 1.54) is 77.9 Å². The molecule has 0 bridgehead atoms. The van der Waals surface area contributed by atoms with Crippen LogP contribution in [0.2, 0.25) is 0 Å². The predicted octanol–water partition coefficient (Wildman–Crippen LogP) is 6.09. The van der Waals surface area contributed by atoms with Gasteiger partial charge < -0.3 is 4.90 Å². The van der Waals surface area contributed by atoms with Gasteiger partial charge >= 0.3 is 0 Å². The van der Waals surface area contributed by atoms with Crippen LogP contribution in [-0.4, -0.2) is 16.5 Å². The molecular weight excluding hydrogens is 378 g/mol. The van der Waals surface area contributed by atoms with Gasteiger partial charge in [-0.3, -0.25) is 0 Å². The highest BCUT2D eigenvalue weighted by atomic mass is 15.1. The van der Waals surface area contributed by atoms with Crippen LogP contribution in [0.4, 0.5) is 5.69 Å². The van der Waals surface area contributed by atoms with Crippen LogP contribution in [0.5, 0.6) is 0 Å². The van der Waals surface area contributed by atoms with Crippen molar-refractivity contribution >= 4 is 5.69 Å². The highest BCUT2D eigenvalue weighted by Gasteiger charge is 2.40. The molecule has 0 unspecified atom stereocenters. The van der Waals surface area contributed by atoms with Crippen molar-refractivity contribution in [3.05, 3.63) is 88.5 Å². The maximum absolute atomic E-state index is 4.67. The Hall–Kier alpha value is -2.68. The molecule has 3 nitrogen and oxygen atoms in total. The minimum atomic E-state index is 0.214. The summed E-state index contributed by atoms with van der Waals surface area (Å²) in [6, 6.07) is 18.6. The summed E-state index contributed by atoms with van der Waals surface area (Å²) in [5.41, 5.74) is 9.83. The number of hydrogen-bond acceptors (Lipinski definition) is 3. The van der Waals surface area contributed by atoms with Gasteiger partial charge in [0.15, 0.2) is 0 Å². The minimum absolute atomic E-state index is 0.214. The molecule has 31 heavy (non-hydrogen) atoms. The molecule has 3 aliphatic rings. The Morgan fingerprint density at radius 2 is 1.58 bits per heavy atom. The van der Waals surface area contributed by atoms with Crippen LogP contribution in [0.15, 0.2) is 54.9 Å². The molecule has 158 valence electrons. The lowest BCUT2D eigenvalue weighted by Crippen LogP contribution is -2.36. The monoisotopic (exact) mass is 409 g/mol. The SMILES string of the molecule is Cc1ccc(C2(c3ccc(N4CCc5c(ncnc5C5CCC5)C4)cc3)CCC2)cc1. The van der Waals surface area contributed by atoms with Crippen LogP contribution in [0.3, 0.4) is 0 Å². The second-order valence-corrected chi connectivity index (χ2v) is 9.83. The van der Waals surface area contributed by atoms with Crippen LogP contribution >= 0.6 is 0 Å². The zero-order valence-electron chi connectivity index (χ0n) is 18.5. The molecule has 3 heteroatoms. The molecule has 0 atom stereocenters. The summed E-state index contributed by atoms with van der Waals surface area (Å²) in [5.74, 6) is 0.683. The number of anilines is 1. The predicted molar refractivity (Wildman–Crippen MR) is 126 cm³/mol. The molecule has 1 aromatic heterocycles. The third kappa shape index (κ3) is 3.17. The number of fused-ring (bicyclic) bond motifs is 1. The zero-order chi connectivity index (χ0) is 20.8. The zero-order valence-corrected chi connectivity index (χ0v) is 18.5. The molecule has 1 aliphatic heterocycles. The maximum atomic E-state index is 4.67. The second kappa shape index (κ2) is 7.47. The smallest absolute Gasteiger partial charge is 0.116 e. The first-order chi connectivity index (χ1) is 15.2. The first-order valence-corrected chi connectivity index (χ1v) is 12.0. The Labute approximate surface area is 185 Å². The Bertz CT molecular complexity index is 1080. The lowest BCUT2D eigenvalue weighted by atomic mass is 9.60. The van der Waals surface area contributed by atoms with Crippen molar-refractivity contribution in [1.82, 2.24) is 9.97 Å². The molecule has 2 saturated carbocycles. The van der Waals surface area contributed by atoms with Crippen LogP contribution in [0.1, 0.15) is 78.1 Å². The van der Waals surface area contributed by atoms with Crippen LogP contribution < -0.4 is 4.90 Å². The van der Waals surface area contributed by atoms with E-state index >= 15 is 0 Å². The van der Waals surface area contributed by atoms with E-state index in [1.54, 1.807) is 6.33 Å². The van der Waals surface area contributed by atoms with Gasteiger partial charge in [-0.15, -0.1) is 0 Å². The lowest BCUT2D eigenvalue weighted by molar-refractivity contribution is 0.301. The molecule has 0 spiro atoms. The molecule has 2 fully saturated rings. The minimum Gasteiger partial charge on any atom is -0.365 e. The van der Waals surface area contributed by atoms with E-state index in [1.807, 2.05) is 0 Å². The molecule has 2 heterocycles. The van der Waals surface area contributed by atoms with E-state index in [0.29, 0.717) is 5.92 Å². The van der Waals surface area contributed by atoms with Crippen molar-refractivity contribution in [3.8, 4) is 0 Å². The van der Waals surface area contributed by atoms with Crippen molar-refractivity contribution < 1.29 is 0 Å². The van der Waals surface area contributed by atoms with E-state index in [9.17, 15) is 0 Å². The number of hydrogen-bond donors (Lipinski definition) is 0. The summed E-state index contributed by atoms with van der Waals surface area (Å²) in [5, 5.41) is 0. The van der Waals surface area contributed by atoms with Crippen molar-refractivity contribution in [2.45, 2.75) is 69.7 Å². The lowest BCUT2D eigenvalue weighted by Gasteiger charge is -2.43. The Morgan fingerprint density at radius 1 is 0.871 bits per heavy atom.